The second kappa shape index (κ2) is 6.43. The van der Waals surface area contributed by atoms with E-state index in [9.17, 15) is 4.79 Å². The monoisotopic (exact) mass is 298 g/mol. The normalized spacial score (nSPS) is 15.5. The highest BCUT2D eigenvalue weighted by Crippen LogP contribution is 2.21. The number of hydrogen-bond donors (Lipinski definition) is 2. The lowest BCUT2D eigenvalue weighted by molar-refractivity contribution is 0.0690. The van der Waals surface area contributed by atoms with Gasteiger partial charge in [0.2, 0.25) is 0 Å². The zero-order valence-corrected chi connectivity index (χ0v) is 12.1. The van der Waals surface area contributed by atoms with Crippen LogP contribution in [-0.2, 0) is 0 Å². The summed E-state index contributed by atoms with van der Waals surface area (Å²) in [7, 11) is 0. The summed E-state index contributed by atoms with van der Waals surface area (Å²) in [5.74, 6) is -0.432. The molecule has 1 aromatic carbocycles. The molecule has 6 nitrogen and oxygen atoms in total. The molecular formula is C16H18N4O2. The minimum atomic E-state index is -1.06. The molecule has 22 heavy (non-hydrogen) atoms. The third kappa shape index (κ3) is 3.33. The van der Waals surface area contributed by atoms with Crippen molar-refractivity contribution in [3.05, 3.63) is 48.4 Å². The Hall–Kier alpha value is -2.63. The van der Waals surface area contributed by atoms with Gasteiger partial charge in [-0.2, -0.15) is 0 Å². The predicted octanol–water partition coefficient (Wildman–Crippen LogP) is 2.26. The summed E-state index contributed by atoms with van der Waals surface area (Å²) < 4.78 is 0. The Morgan fingerprint density at radius 2 is 1.86 bits per heavy atom. The molecule has 0 amide bonds. The van der Waals surface area contributed by atoms with E-state index in [0.717, 1.165) is 25.9 Å². The number of aromatic carboxylic acids is 1. The minimum Gasteiger partial charge on any atom is -0.476 e. The predicted molar refractivity (Wildman–Crippen MR) is 84.3 cm³/mol. The summed E-state index contributed by atoms with van der Waals surface area (Å²) in [6, 6.07) is 10.7. The van der Waals surface area contributed by atoms with Gasteiger partial charge in [-0.3, -0.25) is 0 Å². The van der Waals surface area contributed by atoms with Crippen LogP contribution in [0.1, 0.15) is 23.3 Å². The molecule has 0 unspecified atom stereocenters. The van der Waals surface area contributed by atoms with Crippen molar-refractivity contribution in [2.24, 2.45) is 0 Å². The van der Waals surface area contributed by atoms with E-state index in [2.05, 4.69) is 44.5 Å². The third-order valence-electron chi connectivity index (χ3n) is 3.84. The van der Waals surface area contributed by atoms with Gasteiger partial charge in [0.1, 0.15) is 5.82 Å². The van der Waals surface area contributed by atoms with Crippen LogP contribution in [0.3, 0.4) is 0 Å². The summed E-state index contributed by atoms with van der Waals surface area (Å²) in [6.45, 7) is 1.98. The lowest BCUT2D eigenvalue weighted by atomic mass is 10.0. The molecule has 2 heterocycles. The van der Waals surface area contributed by atoms with Crippen LogP contribution < -0.4 is 10.2 Å². The van der Waals surface area contributed by atoms with E-state index in [4.69, 9.17) is 5.11 Å². The summed E-state index contributed by atoms with van der Waals surface area (Å²) >= 11 is 0. The van der Waals surface area contributed by atoms with Gasteiger partial charge in [-0.25, -0.2) is 14.8 Å². The maximum absolute atomic E-state index is 10.7. The van der Waals surface area contributed by atoms with Crippen molar-refractivity contribution < 1.29 is 9.90 Å². The van der Waals surface area contributed by atoms with E-state index < -0.39 is 5.97 Å². The van der Waals surface area contributed by atoms with Crippen LogP contribution in [0.4, 0.5) is 11.5 Å². The van der Waals surface area contributed by atoms with Gasteiger partial charge in [-0.1, -0.05) is 18.2 Å². The zero-order chi connectivity index (χ0) is 15.4. The first-order valence-electron chi connectivity index (χ1n) is 7.34. The van der Waals surface area contributed by atoms with Crippen molar-refractivity contribution in [3.8, 4) is 0 Å². The van der Waals surface area contributed by atoms with Crippen LogP contribution in [0.5, 0.6) is 0 Å². The Balaban J connectivity index is 1.54. The second-order valence-electron chi connectivity index (χ2n) is 5.33. The molecule has 0 bridgehead atoms. The number of nitrogens with one attached hydrogen (secondary N) is 1. The molecule has 1 aliphatic rings. The Bertz CT molecular complexity index is 622. The number of hydrogen-bond acceptors (Lipinski definition) is 5. The van der Waals surface area contributed by atoms with Crippen LogP contribution in [0.15, 0.2) is 42.7 Å². The average molecular weight is 298 g/mol. The van der Waals surface area contributed by atoms with Crippen molar-refractivity contribution in [1.29, 1.82) is 0 Å². The van der Waals surface area contributed by atoms with Gasteiger partial charge in [-0.15, -0.1) is 0 Å². The summed E-state index contributed by atoms with van der Waals surface area (Å²) in [5.41, 5.74) is 1.22. The SMILES string of the molecule is O=C(O)c1cnc(NC2CCN(c3ccccc3)CC2)cn1. The standard InChI is InChI=1S/C16H18N4O2/c21-16(22)14-10-18-15(11-17-14)19-12-6-8-20(9-7-12)13-4-2-1-3-5-13/h1-5,10-12H,6-9H2,(H,18,19)(H,21,22). The largest absolute Gasteiger partial charge is 0.476 e. The molecule has 0 aliphatic carbocycles. The van der Waals surface area contributed by atoms with Gasteiger partial charge < -0.3 is 15.3 Å². The quantitative estimate of drug-likeness (QED) is 0.901. The molecule has 6 heteroatoms. The number of para-hydroxylation sites is 1. The smallest absolute Gasteiger partial charge is 0.356 e. The zero-order valence-electron chi connectivity index (χ0n) is 12.1. The Labute approximate surface area is 128 Å². The Morgan fingerprint density at radius 1 is 1.14 bits per heavy atom. The van der Waals surface area contributed by atoms with Gasteiger partial charge in [0, 0.05) is 24.8 Å². The van der Waals surface area contributed by atoms with Crippen molar-refractivity contribution in [1.82, 2.24) is 9.97 Å². The summed E-state index contributed by atoms with van der Waals surface area (Å²) in [6.07, 6.45) is 4.78. The van der Waals surface area contributed by atoms with Crippen molar-refractivity contribution >= 4 is 17.5 Å². The second-order valence-corrected chi connectivity index (χ2v) is 5.33. The molecule has 0 atom stereocenters. The van der Waals surface area contributed by atoms with E-state index in [1.165, 1.54) is 18.1 Å². The molecule has 114 valence electrons. The number of benzene rings is 1. The topological polar surface area (TPSA) is 78.3 Å². The van der Waals surface area contributed by atoms with Crippen LogP contribution in [0.2, 0.25) is 0 Å². The first-order valence-corrected chi connectivity index (χ1v) is 7.34. The molecule has 1 fully saturated rings. The van der Waals surface area contributed by atoms with Crippen LogP contribution in [-0.4, -0.2) is 40.2 Å². The van der Waals surface area contributed by atoms with E-state index in [1.807, 2.05) is 6.07 Å². The first kappa shape index (κ1) is 14.3. The number of anilines is 2. The number of carbonyl (C=O) groups is 1. The molecule has 0 radical (unpaired) electrons. The number of nitrogens with zero attached hydrogens (tertiary/aromatic N) is 3. The number of piperidine rings is 1. The van der Waals surface area contributed by atoms with Gasteiger partial charge in [0.15, 0.2) is 5.69 Å². The van der Waals surface area contributed by atoms with Gasteiger partial charge in [0.05, 0.1) is 12.4 Å². The van der Waals surface area contributed by atoms with Crippen LogP contribution in [0, 0.1) is 0 Å². The molecular weight excluding hydrogens is 280 g/mol. The fraction of sp³-hybridized carbons (Fsp3) is 0.312. The van der Waals surface area contributed by atoms with Gasteiger partial charge in [0.25, 0.3) is 0 Å². The maximum Gasteiger partial charge on any atom is 0.356 e. The number of carboxylic acid groups (broad SMARTS) is 1. The molecule has 1 aromatic heterocycles. The molecule has 1 saturated heterocycles. The Kier molecular flexibility index (Phi) is 4.18. The highest BCUT2D eigenvalue weighted by molar-refractivity contribution is 5.84. The molecule has 2 aromatic rings. The van der Waals surface area contributed by atoms with Crippen molar-refractivity contribution in [2.45, 2.75) is 18.9 Å². The summed E-state index contributed by atoms with van der Waals surface area (Å²) in [5, 5.41) is 12.1. The fourth-order valence-corrected chi connectivity index (χ4v) is 2.64. The van der Waals surface area contributed by atoms with Gasteiger partial charge >= 0.3 is 5.97 Å². The Morgan fingerprint density at radius 3 is 2.45 bits per heavy atom. The number of carboxylic acids is 1. The highest BCUT2D eigenvalue weighted by atomic mass is 16.4. The summed E-state index contributed by atoms with van der Waals surface area (Å²) in [4.78, 5) is 21.1. The number of rotatable bonds is 4. The van der Waals surface area contributed by atoms with Crippen molar-refractivity contribution in [3.63, 3.8) is 0 Å². The molecule has 2 N–H and O–H groups in total. The fourth-order valence-electron chi connectivity index (χ4n) is 2.64. The van der Waals surface area contributed by atoms with Crippen LogP contribution in [0.25, 0.3) is 0 Å². The van der Waals surface area contributed by atoms with E-state index >= 15 is 0 Å². The molecule has 0 spiro atoms. The van der Waals surface area contributed by atoms with Crippen molar-refractivity contribution in [2.75, 3.05) is 23.3 Å². The van der Waals surface area contributed by atoms with Gasteiger partial charge in [-0.05, 0) is 25.0 Å². The van der Waals surface area contributed by atoms with E-state index in [-0.39, 0.29) is 5.69 Å². The maximum atomic E-state index is 10.7. The average Bonchev–Trinajstić information content (AvgIpc) is 2.57. The molecule has 1 aliphatic heterocycles. The van der Waals surface area contributed by atoms with E-state index in [0.29, 0.717) is 11.9 Å². The highest BCUT2D eigenvalue weighted by Gasteiger charge is 2.19. The lowest BCUT2D eigenvalue weighted by Gasteiger charge is -2.34. The third-order valence-corrected chi connectivity index (χ3v) is 3.84. The minimum absolute atomic E-state index is 0.0375. The van der Waals surface area contributed by atoms with E-state index in [1.54, 1.807) is 0 Å². The molecule has 3 rings (SSSR count). The first-order chi connectivity index (χ1) is 10.7. The van der Waals surface area contributed by atoms with Crippen LogP contribution >= 0.6 is 0 Å². The number of aromatic nitrogens is 2. The lowest BCUT2D eigenvalue weighted by Crippen LogP contribution is -2.39. The molecule has 0 saturated carbocycles.